The quantitative estimate of drug-likeness (QED) is 0.893. The van der Waals surface area contributed by atoms with Crippen molar-refractivity contribution in [3.05, 3.63) is 29.3 Å². The molecule has 2 fully saturated rings. The van der Waals surface area contributed by atoms with Gasteiger partial charge in [0.15, 0.2) is 0 Å². The normalized spacial score (nSPS) is 26.5. The molecule has 1 aromatic carbocycles. The van der Waals surface area contributed by atoms with Crippen molar-refractivity contribution in [3.63, 3.8) is 0 Å². The first kappa shape index (κ1) is 14.5. The van der Waals surface area contributed by atoms with Gasteiger partial charge in [0.05, 0.1) is 4.90 Å². The van der Waals surface area contributed by atoms with E-state index in [9.17, 15) is 13.2 Å². The van der Waals surface area contributed by atoms with Gasteiger partial charge in [0.1, 0.15) is 0 Å². The summed E-state index contributed by atoms with van der Waals surface area (Å²) < 4.78 is 27.2. The zero-order valence-electron chi connectivity index (χ0n) is 12.3. The number of rotatable bonds is 2. The van der Waals surface area contributed by atoms with Crippen molar-refractivity contribution in [1.82, 2.24) is 9.62 Å². The molecular weight excluding hydrogens is 288 g/mol. The van der Waals surface area contributed by atoms with E-state index in [-0.39, 0.29) is 11.3 Å². The van der Waals surface area contributed by atoms with Crippen LogP contribution in [-0.2, 0) is 14.8 Å². The van der Waals surface area contributed by atoms with Gasteiger partial charge in [-0.25, -0.2) is 8.42 Å². The Hall–Kier alpha value is -1.40. The highest BCUT2D eigenvalue weighted by Crippen LogP contribution is 2.39. The van der Waals surface area contributed by atoms with Crippen LogP contribution in [0.3, 0.4) is 0 Å². The Bertz CT molecular complexity index is 699. The molecule has 0 aliphatic carbocycles. The first-order valence-electron chi connectivity index (χ1n) is 7.17. The Balaban J connectivity index is 1.88. The minimum atomic E-state index is -3.47. The summed E-state index contributed by atoms with van der Waals surface area (Å²) in [4.78, 5) is 11.8. The fourth-order valence-corrected chi connectivity index (χ4v) is 5.13. The van der Waals surface area contributed by atoms with Gasteiger partial charge in [0.2, 0.25) is 15.9 Å². The highest BCUT2D eigenvalue weighted by Gasteiger charge is 2.47. The molecule has 1 aromatic rings. The van der Waals surface area contributed by atoms with E-state index in [1.54, 1.807) is 6.07 Å². The lowest BCUT2D eigenvalue weighted by Crippen LogP contribution is -2.33. The lowest BCUT2D eigenvalue weighted by molar-refractivity contribution is -0.119. The molecule has 1 spiro atoms. The average Bonchev–Trinajstić information content (AvgIpc) is 2.97. The maximum absolute atomic E-state index is 12.8. The number of hydrogen-bond donors (Lipinski definition) is 1. The lowest BCUT2D eigenvalue weighted by Gasteiger charge is -2.22. The summed E-state index contributed by atoms with van der Waals surface area (Å²) in [6.07, 6.45) is 1.18. The topological polar surface area (TPSA) is 66.5 Å². The van der Waals surface area contributed by atoms with Crippen LogP contribution in [0.1, 0.15) is 24.0 Å². The highest BCUT2D eigenvalue weighted by molar-refractivity contribution is 7.89. The summed E-state index contributed by atoms with van der Waals surface area (Å²) in [7, 11) is -3.47. The van der Waals surface area contributed by atoms with E-state index in [1.807, 2.05) is 26.0 Å². The molecule has 0 saturated carbocycles. The van der Waals surface area contributed by atoms with Crippen LogP contribution >= 0.6 is 0 Å². The molecule has 0 aromatic heterocycles. The van der Waals surface area contributed by atoms with E-state index in [1.165, 1.54) is 4.31 Å². The fraction of sp³-hybridized carbons (Fsp3) is 0.533. The molecular formula is C15H20N2O3S. The first-order valence-corrected chi connectivity index (χ1v) is 8.61. The van der Waals surface area contributed by atoms with Gasteiger partial charge in [-0.05, 0) is 31.9 Å². The van der Waals surface area contributed by atoms with Crippen LogP contribution in [0.4, 0.5) is 0 Å². The van der Waals surface area contributed by atoms with Crippen LogP contribution in [-0.4, -0.2) is 38.3 Å². The number of amides is 1. The standard InChI is InChI=1S/C15H20N2O3S/c1-11-3-4-13(12(2)7-11)21(19,20)17-6-5-15(10-17)8-14(18)16-9-15/h3-4,7H,5-6,8-10H2,1-2H3,(H,16,18). The SMILES string of the molecule is Cc1ccc(S(=O)(=O)N2CCC3(CNC(=O)C3)C2)c(C)c1. The average molecular weight is 308 g/mol. The van der Waals surface area contributed by atoms with Gasteiger partial charge in [-0.1, -0.05) is 17.7 Å². The smallest absolute Gasteiger partial charge is 0.243 e. The summed E-state index contributed by atoms with van der Waals surface area (Å²) >= 11 is 0. The number of nitrogens with one attached hydrogen (secondary N) is 1. The lowest BCUT2D eigenvalue weighted by atomic mass is 9.86. The van der Waals surface area contributed by atoms with Gasteiger partial charge < -0.3 is 5.32 Å². The van der Waals surface area contributed by atoms with Gasteiger partial charge in [0.25, 0.3) is 0 Å². The van der Waals surface area contributed by atoms with Crippen molar-refractivity contribution < 1.29 is 13.2 Å². The number of sulfonamides is 1. The number of benzene rings is 1. The predicted molar refractivity (Wildman–Crippen MR) is 79.4 cm³/mol. The molecule has 0 bridgehead atoms. The number of carbonyl (C=O) groups is 1. The zero-order chi connectivity index (χ0) is 15.3. The van der Waals surface area contributed by atoms with Crippen molar-refractivity contribution >= 4 is 15.9 Å². The van der Waals surface area contributed by atoms with Crippen molar-refractivity contribution in [2.45, 2.75) is 31.6 Å². The molecule has 21 heavy (non-hydrogen) atoms. The molecule has 2 aliphatic heterocycles. The summed E-state index contributed by atoms with van der Waals surface area (Å²) in [5.74, 6) is 0.0285. The maximum Gasteiger partial charge on any atom is 0.243 e. The van der Waals surface area contributed by atoms with Gasteiger partial charge in [-0.15, -0.1) is 0 Å². The molecule has 2 heterocycles. The second kappa shape index (κ2) is 4.81. The van der Waals surface area contributed by atoms with Crippen molar-refractivity contribution in [1.29, 1.82) is 0 Å². The van der Waals surface area contributed by atoms with E-state index < -0.39 is 10.0 Å². The Morgan fingerprint density at radius 1 is 1.29 bits per heavy atom. The number of carbonyl (C=O) groups excluding carboxylic acids is 1. The Kier molecular flexibility index (Phi) is 3.33. The molecule has 0 radical (unpaired) electrons. The molecule has 2 saturated heterocycles. The highest BCUT2D eigenvalue weighted by atomic mass is 32.2. The van der Waals surface area contributed by atoms with Crippen molar-refractivity contribution in [2.75, 3.05) is 19.6 Å². The van der Waals surface area contributed by atoms with E-state index in [4.69, 9.17) is 0 Å². The minimum absolute atomic E-state index is 0.0285. The predicted octanol–water partition coefficient (Wildman–Crippen LogP) is 1.20. The van der Waals surface area contributed by atoms with Crippen LogP contribution in [0.15, 0.2) is 23.1 Å². The summed E-state index contributed by atoms with van der Waals surface area (Å²) in [5.41, 5.74) is 1.62. The van der Waals surface area contributed by atoms with Crippen LogP contribution in [0.5, 0.6) is 0 Å². The monoisotopic (exact) mass is 308 g/mol. The number of nitrogens with zero attached hydrogens (tertiary/aromatic N) is 1. The molecule has 1 amide bonds. The van der Waals surface area contributed by atoms with Crippen molar-refractivity contribution in [3.8, 4) is 0 Å². The van der Waals surface area contributed by atoms with E-state index in [0.717, 1.165) is 17.5 Å². The summed E-state index contributed by atoms with van der Waals surface area (Å²) in [6.45, 7) is 5.28. The molecule has 5 nitrogen and oxygen atoms in total. The van der Waals surface area contributed by atoms with Gasteiger partial charge in [-0.3, -0.25) is 4.79 Å². The fourth-order valence-electron chi connectivity index (χ4n) is 3.37. The molecule has 1 atom stereocenters. The first-order chi connectivity index (χ1) is 9.82. The molecule has 6 heteroatoms. The maximum atomic E-state index is 12.8. The molecule has 114 valence electrons. The van der Waals surface area contributed by atoms with Gasteiger partial charge >= 0.3 is 0 Å². The van der Waals surface area contributed by atoms with Crippen LogP contribution < -0.4 is 5.32 Å². The third-order valence-electron chi connectivity index (χ3n) is 4.55. The second-order valence-electron chi connectivity index (χ2n) is 6.31. The Morgan fingerprint density at radius 3 is 2.67 bits per heavy atom. The zero-order valence-corrected chi connectivity index (χ0v) is 13.2. The number of hydrogen-bond acceptors (Lipinski definition) is 3. The van der Waals surface area contributed by atoms with E-state index in [2.05, 4.69) is 5.32 Å². The van der Waals surface area contributed by atoms with Crippen LogP contribution in [0, 0.1) is 19.3 Å². The largest absolute Gasteiger partial charge is 0.355 e. The van der Waals surface area contributed by atoms with Crippen LogP contribution in [0.25, 0.3) is 0 Å². The number of aryl methyl sites for hydroxylation is 2. The van der Waals surface area contributed by atoms with E-state index >= 15 is 0 Å². The van der Waals surface area contributed by atoms with Crippen LogP contribution in [0.2, 0.25) is 0 Å². The molecule has 2 aliphatic rings. The minimum Gasteiger partial charge on any atom is -0.355 e. The molecule has 3 rings (SSSR count). The van der Waals surface area contributed by atoms with Gasteiger partial charge in [0, 0.05) is 31.5 Å². The van der Waals surface area contributed by atoms with Crippen molar-refractivity contribution in [2.24, 2.45) is 5.41 Å². The summed E-state index contributed by atoms with van der Waals surface area (Å²) in [6, 6.07) is 5.40. The van der Waals surface area contributed by atoms with E-state index in [0.29, 0.717) is 31.0 Å². The third kappa shape index (κ3) is 2.46. The Labute approximate surface area is 125 Å². The third-order valence-corrected chi connectivity index (χ3v) is 6.55. The molecule has 1 unspecified atom stereocenters. The summed E-state index contributed by atoms with van der Waals surface area (Å²) in [5, 5.41) is 2.82. The molecule has 1 N–H and O–H groups in total. The second-order valence-corrected chi connectivity index (χ2v) is 8.22. The Morgan fingerprint density at radius 2 is 2.05 bits per heavy atom. The van der Waals surface area contributed by atoms with Gasteiger partial charge in [-0.2, -0.15) is 4.31 Å².